The topological polar surface area (TPSA) is 96.0 Å². The van der Waals surface area contributed by atoms with Crippen molar-refractivity contribution in [1.82, 2.24) is 0 Å². The van der Waals surface area contributed by atoms with E-state index in [-0.39, 0.29) is 10.6 Å². The second kappa shape index (κ2) is 8.08. The summed E-state index contributed by atoms with van der Waals surface area (Å²) >= 11 is 0. The third kappa shape index (κ3) is 4.87. The third-order valence-corrected chi connectivity index (χ3v) is 6.54. The van der Waals surface area contributed by atoms with Crippen LogP contribution in [-0.2, 0) is 30.8 Å². The number of para-hydroxylation sites is 1. The van der Waals surface area contributed by atoms with Gasteiger partial charge in [-0.3, -0.25) is 4.18 Å². The highest BCUT2D eigenvalue weighted by atomic mass is 32.2. The van der Waals surface area contributed by atoms with E-state index in [4.69, 9.17) is 8.92 Å². The number of halogens is 3. The Balaban J connectivity index is 1.75. The van der Waals surface area contributed by atoms with Crippen molar-refractivity contribution in [3.8, 4) is 11.5 Å². The minimum atomic E-state index is -5.88. The molecule has 0 saturated heterocycles. The zero-order valence-electron chi connectivity index (χ0n) is 15.5. The summed E-state index contributed by atoms with van der Waals surface area (Å²) in [5.74, 6) is -0.825. The first-order valence-corrected chi connectivity index (χ1v) is 11.5. The van der Waals surface area contributed by atoms with Gasteiger partial charge in [-0.1, -0.05) is 29.8 Å². The lowest BCUT2D eigenvalue weighted by Gasteiger charge is -2.27. The monoisotopic (exact) mass is 466 g/mol. The lowest BCUT2D eigenvalue weighted by atomic mass is 10.0. The maximum absolute atomic E-state index is 12.6. The van der Waals surface area contributed by atoms with E-state index in [1.807, 2.05) is 0 Å². The van der Waals surface area contributed by atoms with E-state index in [1.54, 1.807) is 25.1 Å². The smallest absolute Gasteiger partial charge is 0.484 e. The molecule has 0 aliphatic carbocycles. The van der Waals surface area contributed by atoms with Gasteiger partial charge in [0.15, 0.2) is 11.5 Å². The van der Waals surface area contributed by atoms with Gasteiger partial charge in [0.1, 0.15) is 12.7 Å². The van der Waals surface area contributed by atoms with Crippen molar-refractivity contribution in [3.05, 3.63) is 53.6 Å². The SMILES string of the molecule is Cc1ccc(S(=O)(=O)OC[C@@H]2CCc3cccc(OS(=O)(=O)C(F)(F)F)c3O2)cc1. The molecule has 2 aromatic carbocycles. The molecule has 0 fully saturated rings. The molecule has 1 aliphatic rings. The summed E-state index contributed by atoms with van der Waals surface area (Å²) < 4.78 is 99.8. The molecule has 30 heavy (non-hydrogen) atoms. The van der Waals surface area contributed by atoms with Crippen LogP contribution in [0.3, 0.4) is 0 Å². The lowest BCUT2D eigenvalue weighted by molar-refractivity contribution is -0.0501. The zero-order chi connectivity index (χ0) is 22.2. The first kappa shape index (κ1) is 22.4. The van der Waals surface area contributed by atoms with Crippen molar-refractivity contribution in [2.75, 3.05) is 6.61 Å². The van der Waals surface area contributed by atoms with Crippen LogP contribution in [-0.4, -0.2) is 35.1 Å². The molecule has 0 unspecified atom stereocenters. The summed E-state index contributed by atoms with van der Waals surface area (Å²) in [5, 5.41) is 0. The predicted octanol–water partition coefficient (Wildman–Crippen LogP) is 3.32. The maximum Gasteiger partial charge on any atom is 0.534 e. The molecule has 2 aromatic rings. The molecule has 1 aliphatic heterocycles. The Morgan fingerprint density at radius 2 is 1.73 bits per heavy atom. The number of alkyl halides is 3. The standard InChI is InChI=1S/C18H17F3O7S2/c1-12-5-9-15(10-6-12)29(22,23)26-11-14-8-7-13-3-2-4-16(17(13)27-14)28-30(24,25)18(19,20)21/h2-6,9-10,14H,7-8,11H2,1H3/t14-/m0/s1. The molecule has 3 rings (SSSR count). The minimum absolute atomic E-state index is 0.0513. The van der Waals surface area contributed by atoms with Crippen LogP contribution < -0.4 is 8.92 Å². The number of aryl methyl sites for hydroxylation is 2. The van der Waals surface area contributed by atoms with Gasteiger partial charge in [-0.05, 0) is 43.5 Å². The summed E-state index contributed by atoms with van der Waals surface area (Å²) in [6.07, 6.45) is -0.223. The van der Waals surface area contributed by atoms with Gasteiger partial charge in [0.25, 0.3) is 10.1 Å². The van der Waals surface area contributed by atoms with Crippen LogP contribution in [0.2, 0.25) is 0 Å². The van der Waals surface area contributed by atoms with E-state index >= 15 is 0 Å². The van der Waals surface area contributed by atoms with Crippen molar-refractivity contribution in [2.45, 2.75) is 36.3 Å². The Morgan fingerprint density at radius 1 is 1.07 bits per heavy atom. The van der Waals surface area contributed by atoms with Crippen LogP contribution >= 0.6 is 0 Å². The largest absolute Gasteiger partial charge is 0.534 e. The van der Waals surface area contributed by atoms with Crippen molar-refractivity contribution in [1.29, 1.82) is 0 Å². The van der Waals surface area contributed by atoms with E-state index in [9.17, 15) is 30.0 Å². The fraction of sp³-hybridized carbons (Fsp3) is 0.333. The van der Waals surface area contributed by atoms with Gasteiger partial charge in [-0.15, -0.1) is 0 Å². The molecular formula is C18H17F3O7S2. The molecule has 164 valence electrons. The van der Waals surface area contributed by atoms with E-state index in [2.05, 4.69) is 4.18 Å². The normalized spacial score (nSPS) is 17.1. The van der Waals surface area contributed by atoms with Gasteiger partial charge in [-0.2, -0.15) is 30.0 Å². The summed E-state index contributed by atoms with van der Waals surface area (Å²) in [5.41, 5.74) is -4.31. The maximum atomic E-state index is 12.6. The van der Waals surface area contributed by atoms with E-state index < -0.39 is 44.2 Å². The molecule has 1 atom stereocenters. The highest BCUT2D eigenvalue weighted by Gasteiger charge is 2.49. The summed E-state index contributed by atoms with van der Waals surface area (Å²) in [7, 11) is -9.95. The van der Waals surface area contributed by atoms with Gasteiger partial charge >= 0.3 is 15.6 Å². The Hall–Kier alpha value is -2.31. The molecule has 0 saturated carbocycles. The molecule has 0 N–H and O–H groups in total. The van der Waals surface area contributed by atoms with Gasteiger partial charge in [0.2, 0.25) is 0 Å². The van der Waals surface area contributed by atoms with Crippen LogP contribution in [0.15, 0.2) is 47.4 Å². The number of rotatable bonds is 6. The Morgan fingerprint density at radius 3 is 2.37 bits per heavy atom. The summed E-state index contributed by atoms with van der Waals surface area (Å²) in [6, 6.07) is 9.88. The van der Waals surface area contributed by atoms with Crippen molar-refractivity contribution < 1.29 is 43.1 Å². The second-order valence-electron chi connectivity index (χ2n) is 6.56. The second-order valence-corrected chi connectivity index (χ2v) is 9.71. The highest BCUT2D eigenvalue weighted by molar-refractivity contribution is 7.88. The molecule has 0 radical (unpaired) electrons. The molecule has 0 bridgehead atoms. The fourth-order valence-corrected chi connectivity index (χ4v) is 4.12. The Kier molecular flexibility index (Phi) is 6.03. The van der Waals surface area contributed by atoms with Crippen LogP contribution in [0, 0.1) is 6.92 Å². The average molecular weight is 466 g/mol. The quantitative estimate of drug-likeness (QED) is 0.476. The van der Waals surface area contributed by atoms with Crippen molar-refractivity contribution in [3.63, 3.8) is 0 Å². The van der Waals surface area contributed by atoms with Crippen LogP contribution in [0.25, 0.3) is 0 Å². The van der Waals surface area contributed by atoms with Crippen LogP contribution in [0.1, 0.15) is 17.5 Å². The Bertz CT molecular complexity index is 1130. The molecule has 7 nitrogen and oxygen atoms in total. The van der Waals surface area contributed by atoms with Crippen LogP contribution in [0.4, 0.5) is 13.2 Å². The van der Waals surface area contributed by atoms with Crippen LogP contribution in [0.5, 0.6) is 11.5 Å². The van der Waals surface area contributed by atoms with Crippen molar-refractivity contribution in [2.24, 2.45) is 0 Å². The lowest BCUT2D eigenvalue weighted by Crippen LogP contribution is -2.31. The molecule has 0 spiro atoms. The molecule has 12 heteroatoms. The number of ether oxygens (including phenoxy) is 1. The summed E-state index contributed by atoms with van der Waals surface area (Å²) in [4.78, 5) is -0.0513. The molecule has 0 amide bonds. The fourth-order valence-electron chi connectivity index (χ4n) is 2.72. The minimum Gasteiger partial charge on any atom is -0.484 e. The third-order valence-electron chi connectivity index (χ3n) is 4.28. The first-order chi connectivity index (χ1) is 13.9. The van der Waals surface area contributed by atoms with Gasteiger partial charge in [0.05, 0.1) is 4.90 Å². The van der Waals surface area contributed by atoms with E-state index in [0.29, 0.717) is 18.4 Å². The average Bonchev–Trinajstić information content (AvgIpc) is 2.66. The first-order valence-electron chi connectivity index (χ1n) is 8.64. The zero-order valence-corrected chi connectivity index (χ0v) is 17.2. The molecule has 1 heterocycles. The Labute approximate surface area is 171 Å². The van der Waals surface area contributed by atoms with Gasteiger partial charge in [0, 0.05) is 0 Å². The van der Waals surface area contributed by atoms with E-state index in [0.717, 1.165) is 11.6 Å². The molecule has 0 aromatic heterocycles. The van der Waals surface area contributed by atoms with E-state index in [1.165, 1.54) is 18.2 Å². The highest BCUT2D eigenvalue weighted by Crippen LogP contribution is 2.39. The van der Waals surface area contributed by atoms with Crippen molar-refractivity contribution >= 4 is 20.2 Å². The van der Waals surface area contributed by atoms with Gasteiger partial charge < -0.3 is 8.92 Å². The summed E-state index contributed by atoms with van der Waals surface area (Å²) in [6.45, 7) is 1.39. The number of hydrogen-bond donors (Lipinski definition) is 0. The number of benzene rings is 2. The number of hydrogen-bond acceptors (Lipinski definition) is 7. The molecular weight excluding hydrogens is 449 g/mol. The predicted molar refractivity (Wildman–Crippen MR) is 99.1 cm³/mol. The number of fused-ring (bicyclic) bond motifs is 1. The van der Waals surface area contributed by atoms with Gasteiger partial charge in [-0.25, -0.2) is 0 Å².